The number of fused-ring (bicyclic) bond motifs is 1. The number of benzene rings is 1. The largest absolute Gasteiger partial charge is 0.465 e. The van der Waals surface area contributed by atoms with Crippen molar-refractivity contribution in [2.75, 3.05) is 6.61 Å². The van der Waals surface area contributed by atoms with Crippen molar-refractivity contribution >= 4 is 11.2 Å². The van der Waals surface area contributed by atoms with Gasteiger partial charge in [0, 0.05) is 7.05 Å². The summed E-state index contributed by atoms with van der Waals surface area (Å²) in [5.74, 6) is -0.360. The molecular formula is C18H21FN4O4. The summed E-state index contributed by atoms with van der Waals surface area (Å²) in [6.07, 6.45) is -0.868. The van der Waals surface area contributed by atoms with E-state index in [4.69, 9.17) is 4.74 Å². The number of aliphatic hydroxyl groups is 1. The lowest BCUT2D eigenvalue weighted by molar-refractivity contribution is 0.170. The van der Waals surface area contributed by atoms with E-state index in [2.05, 4.69) is 4.98 Å². The second-order valence-corrected chi connectivity index (χ2v) is 6.32. The molecule has 0 spiro atoms. The fourth-order valence-electron chi connectivity index (χ4n) is 2.94. The molecule has 0 aliphatic carbocycles. The van der Waals surface area contributed by atoms with Gasteiger partial charge < -0.3 is 9.84 Å². The van der Waals surface area contributed by atoms with Crippen LogP contribution in [0.2, 0.25) is 0 Å². The molecule has 0 aliphatic rings. The van der Waals surface area contributed by atoms with Crippen LogP contribution < -0.4 is 16.0 Å². The third-order valence-electron chi connectivity index (χ3n) is 4.17. The van der Waals surface area contributed by atoms with Crippen LogP contribution in [0.4, 0.5) is 4.39 Å². The number of aliphatic hydroxyl groups excluding tert-OH is 1. The third-order valence-corrected chi connectivity index (χ3v) is 4.17. The lowest BCUT2D eigenvalue weighted by Crippen LogP contribution is -2.41. The van der Waals surface area contributed by atoms with Crippen LogP contribution in [-0.2, 0) is 20.1 Å². The average Bonchev–Trinajstić information content (AvgIpc) is 2.97. The molecule has 1 atom stereocenters. The van der Waals surface area contributed by atoms with E-state index in [9.17, 15) is 19.1 Å². The molecule has 1 N–H and O–H groups in total. The van der Waals surface area contributed by atoms with E-state index in [0.29, 0.717) is 6.61 Å². The second-order valence-electron chi connectivity index (χ2n) is 6.32. The number of hydrogen-bond donors (Lipinski definition) is 1. The normalized spacial score (nSPS) is 12.5. The number of aromatic nitrogens is 4. The summed E-state index contributed by atoms with van der Waals surface area (Å²) in [5, 5.41) is 9.65. The smallest absolute Gasteiger partial charge is 0.332 e. The van der Waals surface area contributed by atoms with E-state index in [1.807, 2.05) is 0 Å². The highest BCUT2D eigenvalue weighted by molar-refractivity contribution is 5.72. The molecule has 2 heterocycles. The molecule has 0 saturated heterocycles. The Hall–Kier alpha value is -2.94. The quantitative estimate of drug-likeness (QED) is 0.689. The molecule has 0 saturated carbocycles. The number of aryl methyl sites for hydroxylation is 1. The zero-order valence-corrected chi connectivity index (χ0v) is 15.3. The predicted molar refractivity (Wildman–Crippen MR) is 97.6 cm³/mol. The first kappa shape index (κ1) is 18.8. The van der Waals surface area contributed by atoms with Gasteiger partial charge in [-0.1, -0.05) is 12.1 Å². The Morgan fingerprint density at radius 2 is 1.89 bits per heavy atom. The molecule has 2 aromatic heterocycles. The van der Waals surface area contributed by atoms with Crippen molar-refractivity contribution < 1.29 is 14.2 Å². The third kappa shape index (κ3) is 3.50. The number of nitrogens with zero attached hydrogens (tertiary/aromatic N) is 4. The molecule has 8 nitrogen and oxygen atoms in total. The molecule has 0 aliphatic heterocycles. The van der Waals surface area contributed by atoms with Gasteiger partial charge in [-0.2, -0.15) is 4.98 Å². The standard InChI is InChI=1S/C18H21FN4O4/c1-4-27-17-20-15-14(22(17)10-12-5-7-13(19)8-6-12)16(25)23(9-11(2)24)18(26)21(15)3/h5-8,11,24H,4,9-10H2,1-3H3. The van der Waals surface area contributed by atoms with Crippen molar-refractivity contribution in [1.29, 1.82) is 0 Å². The van der Waals surface area contributed by atoms with Crippen molar-refractivity contribution in [2.24, 2.45) is 7.05 Å². The van der Waals surface area contributed by atoms with Gasteiger partial charge in [0.1, 0.15) is 5.82 Å². The Morgan fingerprint density at radius 1 is 1.22 bits per heavy atom. The molecule has 9 heteroatoms. The first-order valence-electron chi connectivity index (χ1n) is 8.58. The summed E-state index contributed by atoms with van der Waals surface area (Å²) in [4.78, 5) is 29.8. The maximum Gasteiger partial charge on any atom is 0.332 e. The lowest BCUT2D eigenvalue weighted by atomic mass is 10.2. The van der Waals surface area contributed by atoms with Crippen molar-refractivity contribution in [3.63, 3.8) is 0 Å². The maximum absolute atomic E-state index is 13.2. The highest BCUT2D eigenvalue weighted by atomic mass is 19.1. The molecule has 1 unspecified atom stereocenters. The fraction of sp³-hybridized carbons (Fsp3) is 0.389. The molecule has 3 aromatic rings. The van der Waals surface area contributed by atoms with Crippen molar-refractivity contribution in [3.8, 4) is 6.01 Å². The van der Waals surface area contributed by atoms with Crippen LogP contribution in [0, 0.1) is 5.82 Å². The minimum atomic E-state index is -0.868. The number of hydrogen-bond acceptors (Lipinski definition) is 5. The number of imidazole rings is 1. The van der Waals surface area contributed by atoms with Gasteiger partial charge in [0.25, 0.3) is 11.6 Å². The minimum absolute atomic E-state index is 0.132. The van der Waals surface area contributed by atoms with E-state index >= 15 is 0 Å². The average molecular weight is 376 g/mol. The van der Waals surface area contributed by atoms with E-state index in [1.165, 1.54) is 30.7 Å². The summed E-state index contributed by atoms with van der Waals surface area (Å²) in [6.45, 7) is 3.69. The monoisotopic (exact) mass is 376 g/mol. The summed E-state index contributed by atoms with van der Waals surface area (Å²) in [7, 11) is 1.51. The zero-order chi connectivity index (χ0) is 19.7. The van der Waals surface area contributed by atoms with Gasteiger partial charge in [0.2, 0.25) is 0 Å². The van der Waals surface area contributed by atoms with Gasteiger partial charge in [0.05, 0.1) is 25.8 Å². The Morgan fingerprint density at radius 3 is 2.48 bits per heavy atom. The van der Waals surface area contributed by atoms with Crippen molar-refractivity contribution in [2.45, 2.75) is 33.0 Å². The maximum atomic E-state index is 13.2. The molecule has 27 heavy (non-hydrogen) atoms. The topological polar surface area (TPSA) is 91.3 Å². The minimum Gasteiger partial charge on any atom is -0.465 e. The first-order valence-corrected chi connectivity index (χ1v) is 8.58. The number of ether oxygens (including phenoxy) is 1. The van der Waals surface area contributed by atoms with Crippen LogP contribution in [0.25, 0.3) is 11.2 Å². The van der Waals surface area contributed by atoms with Gasteiger partial charge in [-0.05, 0) is 31.5 Å². The summed E-state index contributed by atoms with van der Waals surface area (Å²) in [6, 6.07) is 6.06. The van der Waals surface area contributed by atoms with E-state index in [-0.39, 0.29) is 36.1 Å². The highest BCUT2D eigenvalue weighted by Gasteiger charge is 2.21. The summed E-state index contributed by atoms with van der Waals surface area (Å²) in [5.41, 5.74) is -0.00708. The molecule has 0 amide bonds. The van der Waals surface area contributed by atoms with E-state index < -0.39 is 17.4 Å². The van der Waals surface area contributed by atoms with Gasteiger partial charge in [-0.15, -0.1) is 0 Å². The van der Waals surface area contributed by atoms with Gasteiger partial charge in [-0.3, -0.25) is 18.5 Å². The Balaban J connectivity index is 2.27. The van der Waals surface area contributed by atoms with Crippen LogP contribution in [0.3, 0.4) is 0 Å². The Labute approximate surface area is 154 Å². The van der Waals surface area contributed by atoms with E-state index in [0.717, 1.165) is 10.1 Å². The van der Waals surface area contributed by atoms with Crippen LogP contribution in [0.15, 0.2) is 33.9 Å². The van der Waals surface area contributed by atoms with Gasteiger partial charge in [-0.25, -0.2) is 9.18 Å². The molecule has 0 radical (unpaired) electrons. The summed E-state index contributed by atoms with van der Waals surface area (Å²) >= 11 is 0. The SMILES string of the molecule is CCOc1nc2c(c(=O)n(CC(C)O)c(=O)n2C)n1Cc1ccc(F)cc1. The highest BCUT2D eigenvalue weighted by Crippen LogP contribution is 2.20. The Kier molecular flexibility index (Phi) is 5.13. The van der Waals surface area contributed by atoms with Crippen LogP contribution in [-0.4, -0.2) is 36.5 Å². The Bertz CT molecular complexity index is 1080. The lowest BCUT2D eigenvalue weighted by Gasteiger charge is -2.12. The van der Waals surface area contributed by atoms with E-state index in [1.54, 1.807) is 23.6 Å². The van der Waals surface area contributed by atoms with Crippen LogP contribution >= 0.6 is 0 Å². The molecule has 0 fully saturated rings. The number of rotatable bonds is 6. The van der Waals surface area contributed by atoms with Crippen LogP contribution in [0.5, 0.6) is 6.01 Å². The molecule has 0 bridgehead atoms. The molecule has 3 rings (SSSR count). The second kappa shape index (κ2) is 7.36. The summed E-state index contributed by atoms with van der Waals surface area (Å²) < 4.78 is 22.5. The fourth-order valence-corrected chi connectivity index (χ4v) is 2.94. The van der Waals surface area contributed by atoms with Gasteiger partial charge >= 0.3 is 5.69 Å². The molecule has 1 aromatic carbocycles. The zero-order valence-electron chi connectivity index (χ0n) is 15.3. The van der Waals surface area contributed by atoms with Gasteiger partial charge in [0.15, 0.2) is 11.2 Å². The number of halogens is 1. The molecule has 144 valence electrons. The van der Waals surface area contributed by atoms with Crippen LogP contribution in [0.1, 0.15) is 19.4 Å². The first-order chi connectivity index (χ1) is 12.8. The van der Waals surface area contributed by atoms with Crippen molar-refractivity contribution in [1.82, 2.24) is 18.7 Å². The predicted octanol–water partition coefficient (Wildman–Crippen LogP) is 0.864. The molecular weight excluding hydrogens is 355 g/mol. The van der Waals surface area contributed by atoms with Crippen molar-refractivity contribution in [3.05, 3.63) is 56.5 Å².